The number of hydrogen-bond acceptors (Lipinski definition) is 5. The topological polar surface area (TPSA) is 93.2 Å². The van der Waals surface area contributed by atoms with Crippen LogP contribution in [0.3, 0.4) is 0 Å². The Hall–Kier alpha value is -3.46. The number of nitriles is 1. The van der Waals surface area contributed by atoms with Crippen LogP contribution in [-0.2, 0) is 0 Å². The van der Waals surface area contributed by atoms with Crippen LogP contribution in [0.5, 0.6) is 5.75 Å². The van der Waals surface area contributed by atoms with Gasteiger partial charge in [-0.1, -0.05) is 0 Å². The molecule has 0 bridgehead atoms. The van der Waals surface area contributed by atoms with Crippen LogP contribution in [0.1, 0.15) is 15.9 Å². The summed E-state index contributed by atoms with van der Waals surface area (Å²) in [6.07, 6.45) is 1.40. The molecule has 0 aliphatic rings. The molecule has 0 spiro atoms. The summed E-state index contributed by atoms with van der Waals surface area (Å²) < 4.78 is 5.02. The first-order valence-electron chi connectivity index (χ1n) is 6.60. The average molecular weight is 308 g/mol. The van der Waals surface area contributed by atoms with Crippen molar-refractivity contribution in [2.45, 2.75) is 0 Å². The summed E-state index contributed by atoms with van der Waals surface area (Å²) in [5.74, 6) is 0.188. The van der Waals surface area contributed by atoms with E-state index in [4.69, 9.17) is 4.74 Å². The molecule has 23 heavy (non-hydrogen) atoms. The van der Waals surface area contributed by atoms with E-state index < -0.39 is 10.7 Å². The van der Waals surface area contributed by atoms with Gasteiger partial charge in [0.2, 0.25) is 5.78 Å². The van der Waals surface area contributed by atoms with E-state index in [1.165, 1.54) is 37.5 Å². The molecule has 0 amide bonds. The highest BCUT2D eigenvalue weighted by atomic mass is 16.6. The largest absolute Gasteiger partial charge is 0.497 e. The van der Waals surface area contributed by atoms with E-state index in [-0.39, 0.29) is 11.3 Å². The molecule has 0 unspecified atom stereocenters. The highest BCUT2D eigenvalue weighted by Gasteiger charge is 2.12. The van der Waals surface area contributed by atoms with Gasteiger partial charge in [0.25, 0.3) is 5.69 Å². The first kappa shape index (κ1) is 15.9. The molecule has 0 atom stereocenters. The van der Waals surface area contributed by atoms with Crippen molar-refractivity contribution in [3.8, 4) is 11.8 Å². The third kappa shape index (κ3) is 3.80. The molecular weight excluding hydrogens is 296 g/mol. The number of rotatable bonds is 5. The average Bonchev–Trinajstić information content (AvgIpc) is 2.59. The molecule has 0 N–H and O–H groups in total. The summed E-state index contributed by atoms with van der Waals surface area (Å²) in [5, 5.41) is 19.8. The third-order valence-corrected chi connectivity index (χ3v) is 3.13. The zero-order valence-electron chi connectivity index (χ0n) is 12.2. The van der Waals surface area contributed by atoms with Crippen molar-refractivity contribution in [1.29, 1.82) is 5.26 Å². The van der Waals surface area contributed by atoms with E-state index in [9.17, 15) is 20.2 Å². The van der Waals surface area contributed by atoms with Gasteiger partial charge in [-0.05, 0) is 48.0 Å². The minimum Gasteiger partial charge on any atom is -0.497 e. The minimum atomic E-state index is -0.513. The van der Waals surface area contributed by atoms with Gasteiger partial charge in [0.15, 0.2) is 0 Å². The number of allylic oxidation sites excluding steroid dienone is 1. The zero-order chi connectivity index (χ0) is 16.8. The lowest BCUT2D eigenvalue weighted by Gasteiger charge is -2.02. The molecule has 6 nitrogen and oxygen atoms in total. The number of ketones is 1. The number of benzene rings is 2. The fourth-order valence-corrected chi connectivity index (χ4v) is 1.91. The van der Waals surface area contributed by atoms with Gasteiger partial charge in [0.05, 0.1) is 12.0 Å². The Morgan fingerprint density at radius 3 is 2.26 bits per heavy atom. The second kappa shape index (κ2) is 7.00. The Labute approximate surface area is 132 Å². The molecule has 0 aromatic heterocycles. The van der Waals surface area contributed by atoms with Crippen molar-refractivity contribution in [2.24, 2.45) is 0 Å². The first-order chi connectivity index (χ1) is 11.0. The van der Waals surface area contributed by atoms with Crippen molar-refractivity contribution in [1.82, 2.24) is 0 Å². The summed E-state index contributed by atoms with van der Waals surface area (Å²) in [4.78, 5) is 22.4. The molecule has 0 saturated heterocycles. The number of non-ortho nitro benzene ring substituents is 1. The van der Waals surface area contributed by atoms with Gasteiger partial charge in [-0.25, -0.2) is 0 Å². The Balaban J connectivity index is 2.28. The maximum atomic E-state index is 12.3. The van der Waals surface area contributed by atoms with Crippen LogP contribution in [0.15, 0.2) is 54.1 Å². The lowest BCUT2D eigenvalue weighted by molar-refractivity contribution is -0.384. The minimum absolute atomic E-state index is 0.0518. The molecule has 114 valence electrons. The monoisotopic (exact) mass is 308 g/mol. The van der Waals surface area contributed by atoms with Gasteiger partial charge >= 0.3 is 0 Å². The number of methoxy groups -OCH3 is 1. The molecule has 2 aromatic rings. The maximum absolute atomic E-state index is 12.3. The Bertz CT molecular complexity index is 800. The number of ether oxygens (including phenoxy) is 1. The quantitative estimate of drug-likeness (QED) is 0.277. The first-order valence-corrected chi connectivity index (χ1v) is 6.60. The fraction of sp³-hybridized carbons (Fsp3) is 0.0588. The number of nitrogens with zero attached hydrogens (tertiary/aromatic N) is 2. The van der Waals surface area contributed by atoms with Gasteiger partial charge in [0, 0.05) is 17.7 Å². The SMILES string of the molecule is COc1ccc(C(=O)C(C#N)=Cc2ccc([N+](=O)[O-])cc2)cc1. The molecule has 2 rings (SSSR count). The molecule has 0 aliphatic heterocycles. The van der Waals surface area contributed by atoms with Crippen LogP contribution in [0.25, 0.3) is 6.08 Å². The van der Waals surface area contributed by atoms with Gasteiger partial charge < -0.3 is 4.74 Å². The summed E-state index contributed by atoms with van der Waals surface area (Å²) in [6, 6.07) is 13.9. The number of nitro benzene ring substituents is 1. The van der Waals surface area contributed by atoms with Gasteiger partial charge in [-0.2, -0.15) is 5.26 Å². The van der Waals surface area contributed by atoms with Crippen molar-refractivity contribution in [2.75, 3.05) is 7.11 Å². The molecular formula is C17H12N2O4. The molecule has 2 aromatic carbocycles. The van der Waals surface area contributed by atoms with Crippen LogP contribution < -0.4 is 4.74 Å². The molecule has 0 heterocycles. The number of nitro groups is 1. The van der Waals surface area contributed by atoms with Gasteiger partial charge in [-0.3, -0.25) is 14.9 Å². The fourth-order valence-electron chi connectivity index (χ4n) is 1.91. The summed E-state index contributed by atoms with van der Waals surface area (Å²) in [5.41, 5.74) is 0.792. The van der Waals surface area contributed by atoms with Crippen molar-refractivity contribution in [3.63, 3.8) is 0 Å². The number of carbonyl (C=O) groups is 1. The zero-order valence-corrected chi connectivity index (χ0v) is 12.2. The summed E-state index contributed by atoms with van der Waals surface area (Å²) in [6.45, 7) is 0. The molecule has 0 aliphatic carbocycles. The molecule has 6 heteroatoms. The number of Topliss-reactive ketones (excluding diaryl/α,β-unsaturated/α-hetero) is 1. The maximum Gasteiger partial charge on any atom is 0.269 e. The predicted molar refractivity (Wildman–Crippen MR) is 84.0 cm³/mol. The predicted octanol–water partition coefficient (Wildman–Crippen LogP) is 3.39. The highest BCUT2D eigenvalue weighted by Crippen LogP contribution is 2.18. The van der Waals surface area contributed by atoms with E-state index in [1.807, 2.05) is 6.07 Å². The lowest BCUT2D eigenvalue weighted by Crippen LogP contribution is -2.01. The number of carbonyl (C=O) groups excluding carboxylic acids is 1. The van der Waals surface area contributed by atoms with E-state index in [2.05, 4.69) is 0 Å². The third-order valence-electron chi connectivity index (χ3n) is 3.13. The number of hydrogen-bond donors (Lipinski definition) is 0. The normalized spacial score (nSPS) is 10.7. The Morgan fingerprint density at radius 1 is 1.17 bits per heavy atom. The van der Waals surface area contributed by atoms with Crippen LogP contribution >= 0.6 is 0 Å². The highest BCUT2D eigenvalue weighted by molar-refractivity contribution is 6.14. The molecule has 0 radical (unpaired) electrons. The van der Waals surface area contributed by atoms with Crippen molar-refractivity contribution >= 4 is 17.5 Å². The summed E-state index contributed by atoms with van der Waals surface area (Å²) >= 11 is 0. The molecule has 0 fully saturated rings. The molecule has 0 saturated carbocycles. The second-order valence-corrected chi connectivity index (χ2v) is 4.58. The standard InChI is InChI=1S/C17H12N2O4/c1-23-16-8-4-13(5-9-16)17(20)14(11-18)10-12-2-6-15(7-3-12)19(21)22/h2-10H,1H3. The summed E-state index contributed by atoms with van der Waals surface area (Å²) in [7, 11) is 1.52. The van der Waals surface area contributed by atoms with Gasteiger partial charge in [0.1, 0.15) is 17.4 Å². The van der Waals surface area contributed by atoms with E-state index in [1.54, 1.807) is 24.3 Å². The van der Waals surface area contributed by atoms with E-state index in [0.29, 0.717) is 16.9 Å². The van der Waals surface area contributed by atoms with Crippen molar-refractivity contribution < 1.29 is 14.5 Å². The van der Waals surface area contributed by atoms with Crippen LogP contribution in [0.2, 0.25) is 0 Å². The lowest BCUT2D eigenvalue weighted by atomic mass is 10.0. The van der Waals surface area contributed by atoms with Crippen LogP contribution in [0, 0.1) is 21.4 Å². The van der Waals surface area contributed by atoms with E-state index in [0.717, 1.165) is 0 Å². The van der Waals surface area contributed by atoms with Crippen molar-refractivity contribution in [3.05, 3.63) is 75.3 Å². The van der Waals surface area contributed by atoms with Crippen LogP contribution in [-0.4, -0.2) is 17.8 Å². The Morgan fingerprint density at radius 2 is 1.78 bits per heavy atom. The van der Waals surface area contributed by atoms with E-state index >= 15 is 0 Å². The Kier molecular flexibility index (Phi) is 4.85. The van der Waals surface area contributed by atoms with Crippen LogP contribution in [0.4, 0.5) is 5.69 Å². The van der Waals surface area contributed by atoms with Gasteiger partial charge in [-0.15, -0.1) is 0 Å². The smallest absolute Gasteiger partial charge is 0.269 e. The second-order valence-electron chi connectivity index (χ2n) is 4.58.